The molecule has 0 spiro atoms. The zero-order valence-corrected chi connectivity index (χ0v) is 12.5. The number of rotatable bonds is 10. The third kappa shape index (κ3) is 6.99. The lowest BCUT2D eigenvalue weighted by molar-refractivity contribution is 0.325. The van der Waals surface area contributed by atoms with Crippen LogP contribution in [0.2, 0.25) is 0 Å². The van der Waals surface area contributed by atoms with Crippen LogP contribution in [0.5, 0.6) is 5.88 Å². The van der Waals surface area contributed by atoms with Gasteiger partial charge in [0.2, 0.25) is 5.88 Å². The summed E-state index contributed by atoms with van der Waals surface area (Å²) < 4.78 is 5.41. The minimum atomic E-state index is 0.632. The molecule has 0 unspecified atom stereocenters. The van der Waals surface area contributed by atoms with Crippen molar-refractivity contribution in [2.24, 2.45) is 0 Å². The largest absolute Gasteiger partial charge is 0.478 e. The van der Waals surface area contributed by atoms with Gasteiger partial charge < -0.3 is 10.1 Å². The second-order valence-corrected chi connectivity index (χ2v) is 4.77. The Morgan fingerprint density at radius 1 is 1.05 bits per heavy atom. The third-order valence-corrected chi connectivity index (χ3v) is 2.94. The number of anilines is 1. The maximum atomic E-state index is 5.41. The first-order valence-electron chi connectivity index (χ1n) is 7.48. The topological polar surface area (TPSA) is 47.0 Å². The van der Waals surface area contributed by atoms with E-state index in [1.807, 2.05) is 19.9 Å². The summed E-state index contributed by atoms with van der Waals surface area (Å²) in [4.78, 5) is 8.59. The quantitative estimate of drug-likeness (QED) is 0.651. The van der Waals surface area contributed by atoms with E-state index in [0.29, 0.717) is 12.5 Å². The Morgan fingerprint density at radius 2 is 1.79 bits per heavy atom. The minimum Gasteiger partial charge on any atom is -0.478 e. The average Bonchev–Trinajstić information content (AvgIpc) is 2.37. The molecule has 1 aromatic rings. The maximum Gasteiger partial charge on any atom is 0.218 e. The fourth-order valence-corrected chi connectivity index (χ4v) is 1.97. The first-order valence-corrected chi connectivity index (χ1v) is 7.48. The molecule has 0 aliphatic carbocycles. The lowest BCUT2D eigenvalue weighted by Crippen LogP contribution is -2.06. The molecule has 0 aromatic carbocycles. The molecule has 0 aliphatic rings. The van der Waals surface area contributed by atoms with E-state index in [1.165, 1.54) is 38.5 Å². The van der Waals surface area contributed by atoms with Crippen molar-refractivity contribution >= 4 is 5.82 Å². The highest BCUT2D eigenvalue weighted by molar-refractivity contribution is 5.38. The zero-order valence-electron chi connectivity index (χ0n) is 12.5. The first-order chi connectivity index (χ1) is 9.26. The molecule has 0 bridgehead atoms. The van der Waals surface area contributed by atoms with Gasteiger partial charge in [0.1, 0.15) is 11.6 Å². The van der Waals surface area contributed by atoms with Gasteiger partial charge in [0, 0.05) is 12.6 Å². The van der Waals surface area contributed by atoms with Crippen molar-refractivity contribution in [2.75, 3.05) is 18.5 Å². The zero-order chi connectivity index (χ0) is 13.9. The Labute approximate surface area is 117 Å². The maximum absolute atomic E-state index is 5.41. The Balaban J connectivity index is 2.25. The van der Waals surface area contributed by atoms with Gasteiger partial charge in [-0.2, -0.15) is 4.98 Å². The minimum absolute atomic E-state index is 0.632. The molecule has 4 heteroatoms. The molecular formula is C15H27N3O. The smallest absolute Gasteiger partial charge is 0.218 e. The predicted molar refractivity (Wildman–Crippen MR) is 79.8 cm³/mol. The van der Waals surface area contributed by atoms with Crippen LogP contribution in [0.1, 0.15) is 58.2 Å². The van der Waals surface area contributed by atoms with E-state index in [-0.39, 0.29) is 0 Å². The van der Waals surface area contributed by atoms with Crippen LogP contribution >= 0.6 is 0 Å². The monoisotopic (exact) mass is 265 g/mol. The normalized spacial score (nSPS) is 10.5. The van der Waals surface area contributed by atoms with E-state index in [4.69, 9.17) is 4.74 Å². The highest BCUT2D eigenvalue weighted by Crippen LogP contribution is 2.13. The van der Waals surface area contributed by atoms with E-state index in [0.717, 1.165) is 18.2 Å². The van der Waals surface area contributed by atoms with Crippen LogP contribution in [0.4, 0.5) is 5.82 Å². The van der Waals surface area contributed by atoms with Crippen LogP contribution in [0.25, 0.3) is 0 Å². The second-order valence-electron chi connectivity index (χ2n) is 4.77. The van der Waals surface area contributed by atoms with Crippen molar-refractivity contribution in [1.29, 1.82) is 0 Å². The van der Waals surface area contributed by atoms with Gasteiger partial charge in [0.15, 0.2) is 0 Å². The third-order valence-electron chi connectivity index (χ3n) is 2.94. The van der Waals surface area contributed by atoms with E-state index < -0.39 is 0 Å². The number of aryl methyl sites for hydroxylation is 1. The van der Waals surface area contributed by atoms with E-state index in [9.17, 15) is 0 Å². The summed E-state index contributed by atoms with van der Waals surface area (Å²) in [6.07, 6.45) is 7.83. The number of aromatic nitrogens is 2. The fourth-order valence-electron chi connectivity index (χ4n) is 1.97. The molecule has 1 rings (SSSR count). The van der Waals surface area contributed by atoms with E-state index >= 15 is 0 Å². The summed E-state index contributed by atoms with van der Waals surface area (Å²) in [6, 6.07) is 1.87. The summed E-state index contributed by atoms with van der Waals surface area (Å²) in [5, 5.41) is 3.34. The van der Waals surface area contributed by atoms with Crippen LogP contribution in [-0.2, 0) is 0 Å². The molecule has 0 saturated carbocycles. The summed E-state index contributed by atoms with van der Waals surface area (Å²) in [6.45, 7) is 7.69. The fraction of sp³-hybridized carbons (Fsp3) is 0.733. The highest BCUT2D eigenvalue weighted by Gasteiger charge is 2.01. The Kier molecular flexibility index (Phi) is 7.94. The predicted octanol–water partition coefficient (Wildman–Crippen LogP) is 3.96. The molecule has 0 fully saturated rings. The highest BCUT2D eigenvalue weighted by atomic mass is 16.5. The summed E-state index contributed by atoms with van der Waals surface area (Å²) >= 11 is 0. The second kappa shape index (κ2) is 9.59. The van der Waals surface area contributed by atoms with Crippen LogP contribution in [0.15, 0.2) is 6.07 Å². The number of nitrogens with zero attached hydrogens (tertiary/aromatic N) is 2. The van der Waals surface area contributed by atoms with E-state index in [1.54, 1.807) is 0 Å². The van der Waals surface area contributed by atoms with Crippen molar-refractivity contribution in [2.45, 2.75) is 59.3 Å². The van der Waals surface area contributed by atoms with Gasteiger partial charge in [-0.1, -0.05) is 39.0 Å². The summed E-state index contributed by atoms with van der Waals surface area (Å²) in [7, 11) is 0. The molecule has 0 atom stereocenters. The molecule has 1 N–H and O–H groups in total. The molecule has 0 amide bonds. The van der Waals surface area contributed by atoms with Gasteiger partial charge in [-0.3, -0.25) is 0 Å². The van der Waals surface area contributed by atoms with Crippen molar-refractivity contribution in [1.82, 2.24) is 9.97 Å². The lowest BCUT2D eigenvalue weighted by atomic mass is 10.1. The van der Waals surface area contributed by atoms with Gasteiger partial charge in [-0.15, -0.1) is 0 Å². The van der Waals surface area contributed by atoms with Crippen LogP contribution in [-0.4, -0.2) is 23.1 Å². The van der Waals surface area contributed by atoms with Gasteiger partial charge in [0.05, 0.1) is 6.61 Å². The molecule has 4 nitrogen and oxygen atoms in total. The number of unbranched alkanes of at least 4 members (excludes halogenated alkanes) is 5. The summed E-state index contributed by atoms with van der Waals surface area (Å²) in [5.41, 5.74) is 0. The van der Waals surface area contributed by atoms with Crippen LogP contribution in [0.3, 0.4) is 0 Å². The van der Waals surface area contributed by atoms with Gasteiger partial charge >= 0.3 is 0 Å². The molecular weight excluding hydrogens is 238 g/mol. The van der Waals surface area contributed by atoms with Crippen molar-refractivity contribution < 1.29 is 4.74 Å². The molecule has 0 aliphatic heterocycles. The molecule has 0 radical (unpaired) electrons. The van der Waals surface area contributed by atoms with Crippen molar-refractivity contribution in [3.63, 3.8) is 0 Å². The van der Waals surface area contributed by atoms with Crippen LogP contribution in [0, 0.1) is 6.92 Å². The number of nitrogens with one attached hydrogen (secondary N) is 1. The van der Waals surface area contributed by atoms with Gasteiger partial charge in [0.25, 0.3) is 0 Å². The Morgan fingerprint density at radius 3 is 2.53 bits per heavy atom. The number of hydrogen-bond acceptors (Lipinski definition) is 4. The van der Waals surface area contributed by atoms with Gasteiger partial charge in [-0.05, 0) is 20.3 Å². The van der Waals surface area contributed by atoms with Crippen LogP contribution < -0.4 is 10.1 Å². The molecule has 108 valence electrons. The standard InChI is InChI=1S/C15H27N3O/c1-4-6-7-8-9-10-11-16-14-12-15(19-5-2)18-13(3)17-14/h12H,4-11H2,1-3H3,(H,16,17,18). The number of ether oxygens (including phenoxy) is 1. The van der Waals surface area contributed by atoms with Crippen molar-refractivity contribution in [3.8, 4) is 5.88 Å². The van der Waals surface area contributed by atoms with Crippen molar-refractivity contribution in [3.05, 3.63) is 11.9 Å². The Bertz CT molecular complexity index is 355. The SMILES string of the molecule is CCCCCCCCNc1cc(OCC)nc(C)n1. The average molecular weight is 265 g/mol. The molecule has 19 heavy (non-hydrogen) atoms. The molecule has 1 aromatic heterocycles. The molecule has 0 saturated heterocycles. The van der Waals surface area contributed by atoms with E-state index in [2.05, 4.69) is 22.2 Å². The number of hydrogen-bond donors (Lipinski definition) is 1. The van der Waals surface area contributed by atoms with Gasteiger partial charge in [-0.25, -0.2) is 4.98 Å². The Hall–Kier alpha value is -1.32. The lowest BCUT2D eigenvalue weighted by Gasteiger charge is -2.08. The molecule has 1 heterocycles. The summed E-state index contributed by atoms with van der Waals surface area (Å²) in [5.74, 6) is 2.27. The first kappa shape index (κ1) is 15.7.